The van der Waals surface area contributed by atoms with E-state index >= 15 is 0 Å². The molecule has 1 saturated carbocycles. The van der Waals surface area contributed by atoms with Crippen LogP contribution < -0.4 is 5.32 Å². The van der Waals surface area contributed by atoms with Crippen molar-refractivity contribution in [3.8, 4) is 0 Å². The van der Waals surface area contributed by atoms with Crippen molar-refractivity contribution in [2.75, 3.05) is 20.1 Å². The second-order valence-corrected chi connectivity index (χ2v) is 5.71. The lowest BCUT2D eigenvalue weighted by Gasteiger charge is -2.28. The van der Waals surface area contributed by atoms with Gasteiger partial charge in [-0.1, -0.05) is 25.7 Å². The Bertz CT molecular complexity index is 179. The number of hydrogen-bond acceptors (Lipinski definition) is 2. The molecule has 1 N–H and O–H groups in total. The molecule has 0 spiro atoms. The third-order valence-corrected chi connectivity index (χ3v) is 4.44. The molecule has 0 amide bonds. The first kappa shape index (κ1) is 12.4. The van der Waals surface area contributed by atoms with E-state index in [1.54, 1.807) is 0 Å². The van der Waals surface area contributed by atoms with Crippen LogP contribution in [0.1, 0.15) is 57.8 Å². The van der Waals surface area contributed by atoms with E-state index in [1.165, 1.54) is 70.9 Å². The molecular weight excluding hydrogens is 196 g/mol. The summed E-state index contributed by atoms with van der Waals surface area (Å²) in [6, 6.07) is 1.69. The fraction of sp³-hybridized carbons (Fsp3) is 1.00. The van der Waals surface area contributed by atoms with Crippen LogP contribution in [0.4, 0.5) is 0 Å². The van der Waals surface area contributed by atoms with Crippen molar-refractivity contribution < 1.29 is 0 Å². The monoisotopic (exact) mass is 224 g/mol. The van der Waals surface area contributed by atoms with Gasteiger partial charge in [0.1, 0.15) is 0 Å². The molecule has 2 heteroatoms. The molecule has 0 aromatic heterocycles. The topological polar surface area (TPSA) is 15.3 Å². The maximum absolute atomic E-state index is 3.60. The van der Waals surface area contributed by atoms with Gasteiger partial charge in [0.2, 0.25) is 0 Å². The molecule has 2 rings (SSSR count). The molecule has 1 aliphatic carbocycles. The Hall–Kier alpha value is -0.0800. The third kappa shape index (κ3) is 3.74. The zero-order chi connectivity index (χ0) is 11.2. The first-order chi connectivity index (χ1) is 7.86. The van der Waals surface area contributed by atoms with Crippen LogP contribution in [-0.4, -0.2) is 37.1 Å². The second-order valence-electron chi connectivity index (χ2n) is 5.71. The van der Waals surface area contributed by atoms with Gasteiger partial charge >= 0.3 is 0 Å². The van der Waals surface area contributed by atoms with E-state index in [0.717, 1.165) is 12.1 Å². The van der Waals surface area contributed by atoms with Gasteiger partial charge in [-0.25, -0.2) is 0 Å². The quantitative estimate of drug-likeness (QED) is 0.739. The van der Waals surface area contributed by atoms with Gasteiger partial charge in [0.05, 0.1) is 0 Å². The van der Waals surface area contributed by atoms with Crippen LogP contribution >= 0.6 is 0 Å². The number of hydrogen-bond donors (Lipinski definition) is 1. The van der Waals surface area contributed by atoms with E-state index in [1.807, 2.05) is 0 Å². The van der Waals surface area contributed by atoms with Crippen LogP contribution in [0.2, 0.25) is 0 Å². The Morgan fingerprint density at radius 2 is 1.75 bits per heavy atom. The average Bonchev–Trinajstić information content (AvgIpc) is 2.66. The van der Waals surface area contributed by atoms with Gasteiger partial charge in [0.25, 0.3) is 0 Å². The zero-order valence-corrected chi connectivity index (χ0v) is 10.9. The van der Waals surface area contributed by atoms with Gasteiger partial charge in [0.15, 0.2) is 0 Å². The maximum Gasteiger partial charge on any atom is 0.00922 e. The number of nitrogens with zero attached hydrogens (tertiary/aromatic N) is 1. The van der Waals surface area contributed by atoms with Crippen molar-refractivity contribution in [3.63, 3.8) is 0 Å². The van der Waals surface area contributed by atoms with Crippen molar-refractivity contribution in [3.05, 3.63) is 0 Å². The summed E-state index contributed by atoms with van der Waals surface area (Å²) >= 11 is 0. The van der Waals surface area contributed by atoms with E-state index in [2.05, 4.69) is 17.3 Å². The molecule has 1 atom stereocenters. The van der Waals surface area contributed by atoms with E-state index in [0.29, 0.717) is 0 Å². The van der Waals surface area contributed by atoms with Crippen molar-refractivity contribution in [2.24, 2.45) is 0 Å². The largest absolute Gasteiger partial charge is 0.314 e. The van der Waals surface area contributed by atoms with Crippen molar-refractivity contribution in [1.29, 1.82) is 0 Å². The summed E-state index contributed by atoms with van der Waals surface area (Å²) < 4.78 is 0. The molecule has 1 heterocycles. The highest BCUT2D eigenvalue weighted by Crippen LogP contribution is 2.21. The van der Waals surface area contributed by atoms with Gasteiger partial charge < -0.3 is 10.2 Å². The normalized spacial score (nSPS) is 28.5. The summed E-state index contributed by atoms with van der Waals surface area (Å²) in [4.78, 5) is 2.63. The van der Waals surface area contributed by atoms with E-state index < -0.39 is 0 Å². The fourth-order valence-corrected chi connectivity index (χ4v) is 3.24. The smallest absolute Gasteiger partial charge is 0.00922 e. The van der Waals surface area contributed by atoms with Gasteiger partial charge in [-0.2, -0.15) is 0 Å². The Morgan fingerprint density at radius 3 is 2.38 bits per heavy atom. The Balaban J connectivity index is 1.66. The Morgan fingerprint density at radius 1 is 1.00 bits per heavy atom. The predicted molar refractivity (Wildman–Crippen MR) is 69.8 cm³/mol. The minimum absolute atomic E-state index is 0.813. The first-order valence-corrected chi connectivity index (χ1v) is 7.30. The average molecular weight is 224 g/mol. The molecule has 0 bridgehead atoms. The zero-order valence-electron chi connectivity index (χ0n) is 10.9. The molecule has 0 aromatic rings. The number of nitrogens with one attached hydrogen (secondary N) is 1. The molecule has 0 radical (unpaired) electrons. The molecule has 0 aromatic carbocycles. The molecule has 2 nitrogen and oxygen atoms in total. The molecule has 94 valence electrons. The van der Waals surface area contributed by atoms with Crippen molar-refractivity contribution in [2.45, 2.75) is 69.9 Å². The molecule has 1 unspecified atom stereocenters. The molecule has 2 fully saturated rings. The number of rotatable bonds is 4. The summed E-state index contributed by atoms with van der Waals surface area (Å²) in [5.41, 5.74) is 0. The summed E-state index contributed by atoms with van der Waals surface area (Å²) in [6.07, 6.45) is 12.9. The minimum Gasteiger partial charge on any atom is -0.314 e. The standard InChI is InChI=1S/C14H28N2/c1-16(12-10-13-7-6-11-15-13)14-8-4-2-3-5-9-14/h13-15H,2-12H2,1H3. The van der Waals surface area contributed by atoms with Crippen LogP contribution in [0.25, 0.3) is 0 Å². The van der Waals surface area contributed by atoms with Gasteiger partial charge in [-0.05, 0) is 52.2 Å². The lowest BCUT2D eigenvalue weighted by Crippen LogP contribution is -2.35. The van der Waals surface area contributed by atoms with E-state index in [-0.39, 0.29) is 0 Å². The van der Waals surface area contributed by atoms with Crippen molar-refractivity contribution >= 4 is 0 Å². The van der Waals surface area contributed by atoms with Gasteiger partial charge in [-0.3, -0.25) is 0 Å². The van der Waals surface area contributed by atoms with Crippen molar-refractivity contribution in [1.82, 2.24) is 10.2 Å². The summed E-state index contributed by atoms with van der Waals surface area (Å²) in [6.45, 7) is 2.54. The van der Waals surface area contributed by atoms with Crippen LogP contribution in [-0.2, 0) is 0 Å². The van der Waals surface area contributed by atoms with Gasteiger partial charge in [-0.15, -0.1) is 0 Å². The first-order valence-electron chi connectivity index (χ1n) is 7.30. The molecule has 1 aliphatic heterocycles. The predicted octanol–water partition coefficient (Wildman–Crippen LogP) is 2.78. The lowest BCUT2D eigenvalue weighted by molar-refractivity contribution is 0.212. The van der Waals surface area contributed by atoms with Crippen LogP contribution in [0.5, 0.6) is 0 Å². The van der Waals surface area contributed by atoms with E-state index in [4.69, 9.17) is 0 Å². The summed E-state index contributed by atoms with van der Waals surface area (Å²) in [5, 5.41) is 3.60. The maximum atomic E-state index is 3.60. The highest BCUT2D eigenvalue weighted by molar-refractivity contribution is 4.78. The third-order valence-electron chi connectivity index (χ3n) is 4.44. The summed E-state index contributed by atoms with van der Waals surface area (Å²) in [5.74, 6) is 0. The Kier molecular flexibility index (Phi) is 5.11. The van der Waals surface area contributed by atoms with Crippen LogP contribution in [0.3, 0.4) is 0 Å². The fourth-order valence-electron chi connectivity index (χ4n) is 3.24. The summed E-state index contributed by atoms with van der Waals surface area (Å²) in [7, 11) is 2.34. The second kappa shape index (κ2) is 6.61. The highest BCUT2D eigenvalue weighted by atomic mass is 15.1. The SMILES string of the molecule is CN(CCC1CCCN1)C1CCCCCC1. The molecular formula is C14H28N2. The lowest BCUT2D eigenvalue weighted by atomic mass is 10.1. The molecule has 16 heavy (non-hydrogen) atoms. The highest BCUT2D eigenvalue weighted by Gasteiger charge is 2.19. The van der Waals surface area contributed by atoms with Crippen LogP contribution in [0, 0.1) is 0 Å². The van der Waals surface area contributed by atoms with E-state index in [9.17, 15) is 0 Å². The molecule has 2 aliphatic rings. The molecule has 1 saturated heterocycles. The Labute approximate surface area is 101 Å². The minimum atomic E-state index is 0.813. The van der Waals surface area contributed by atoms with Crippen LogP contribution in [0.15, 0.2) is 0 Å². The van der Waals surface area contributed by atoms with Gasteiger partial charge in [0, 0.05) is 12.1 Å².